The van der Waals surface area contributed by atoms with Gasteiger partial charge in [-0.3, -0.25) is 14.5 Å². The second-order valence-electron chi connectivity index (χ2n) is 6.10. The van der Waals surface area contributed by atoms with Crippen molar-refractivity contribution in [3.63, 3.8) is 0 Å². The Morgan fingerprint density at radius 2 is 1.96 bits per heavy atom. The Hall–Kier alpha value is -2.19. The number of nitrogens with two attached hydrogens (primary N) is 1. The van der Waals surface area contributed by atoms with Gasteiger partial charge >= 0.3 is 6.03 Å². The molecule has 2 rings (SSSR count). The number of amides is 4. The lowest BCUT2D eigenvalue weighted by molar-refractivity contribution is -0.134. The van der Waals surface area contributed by atoms with Crippen LogP contribution in [0.15, 0.2) is 24.3 Å². The third-order valence-corrected chi connectivity index (χ3v) is 4.05. The molecule has 25 heavy (non-hydrogen) atoms. The standard InChI is InChI=1S/C16H21FN4O3.ClH/c1-10(7-18)8-19-13(22)9-21-14(23)16(2,20-15(21)24)11-3-5-12(17)6-4-11;/h3-6,10H,7-9,18H2,1-2H3,(H,19,22)(H,20,24);1H. The predicted octanol–water partition coefficient (Wildman–Crippen LogP) is 0.726. The molecule has 7 nitrogen and oxygen atoms in total. The Morgan fingerprint density at radius 1 is 1.36 bits per heavy atom. The number of nitrogens with one attached hydrogen (secondary N) is 2. The van der Waals surface area contributed by atoms with Crippen LogP contribution in [-0.4, -0.2) is 42.4 Å². The average Bonchev–Trinajstić information content (AvgIpc) is 2.77. The molecule has 1 aromatic rings. The largest absolute Gasteiger partial charge is 0.354 e. The van der Waals surface area contributed by atoms with Crippen LogP contribution in [0, 0.1) is 11.7 Å². The Bertz CT molecular complexity index is 655. The molecule has 4 amide bonds. The molecule has 1 aliphatic heterocycles. The minimum absolute atomic E-state index is 0. The Balaban J connectivity index is 0.00000312. The number of hydrogen-bond acceptors (Lipinski definition) is 4. The lowest BCUT2D eigenvalue weighted by Gasteiger charge is -2.22. The van der Waals surface area contributed by atoms with E-state index in [9.17, 15) is 18.8 Å². The molecular formula is C16H22ClFN4O3. The molecule has 0 saturated carbocycles. The Kier molecular flexibility index (Phi) is 6.89. The molecule has 2 atom stereocenters. The maximum Gasteiger partial charge on any atom is 0.325 e. The number of urea groups is 1. The number of hydrogen-bond donors (Lipinski definition) is 3. The summed E-state index contributed by atoms with van der Waals surface area (Å²) in [5.41, 5.74) is 4.59. The molecule has 0 radical (unpaired) electrons. The summed E-state index contributed by atoms with van der Waals surface area (Å²) in [5, 5.41) is 5.20. The molecule has 0 aliphatic carbocycles. The fraction of sp³-hybridized carbons (Fsp3) is 0.438. The van der Waals surface area contributed by atoms with E-state index in [2.05, 4.69) is 10.6 Å². The summed E-state index contributed by atoms with van der Waals surface area (Å²) >= 11 is 0. The van der Waals surface area contributed by atoms with Crippen molar-refractivity contribution in [2.24, 2.45) is 11.7 Å². The molecule has 9 heteroatoms. The molecule has 1 heterocycles. The zero-order chi connectivity index (χ0) is 17.9. The van der Waals surface area contributed by atoms with E-state index < -0.39 is 29.2 Å². The maximum absolute atomic E-state index is 13.1. The summed E-state index contributed by atoms with van der Waals surface area (Å²) in [5.74, 6) is -1.34. The third-order valence-electron chi connectivity index (χ3n) is 4.05. The van der Waals surface area contributed by atoms with Gasteiger partial charge in [0.05, 0.1) is 0 Å². The number of carbonyl (C=O) groups is 3. The van der Waals surface area contributed by atoms with E-state index in [4.69, 9.17) is 5.73 Å². The van der Waals surface area contributed by atoms with Gasteiger partial charge in [0.15, 0.2) is 0 Å². The fourth-order valence-electron chi connectivity index (χ4n) is 2.39. The Labute approximate surface area is 151 Å². The quantitative estimate of drug-likeness (QED) is 0.640. The van der Waals surface area contributed by atoms with Crippen LogP contribution in [0.25, 0.3) is 0 Å². The number of halogens is 2. The smallest absolute Gasteiger partial charge is 0.325 e. The van der Waals surface area contributed by atoms with Crippen molar-refractivity contribution in [1.82, 2.24) is 15.5 Å². The predicted molar refractivity (Wildman–Crippen MR) is 92.5 cm³/mol. The molecule has 138 valence electrons. The lowest BCUT2D eigenvalue weighted by atomic mass is 9.92. The van der Waals surface area contributed by atoms with Gasteiger partial charge in [0.2, 0.25) is 5.91 Å². The lowest BCUT2D eigenvalue weighted by Crippen LogP contribution is -2.44. The molecule has 1 fully saturated rings. The van der Waals surface area contributed by atoms with Gasteiger partial charge < -0.3 is 16.4 Å². The van der Waals surface area contributed by atoms with Crippen LogP contribution < -0.4 is 16.4 Å². The van der Waals surface area contributed by atoms with Crippen LogP contribution in [0.1, 0.15) is 19.4 Å². The highest BCUT2D eigenvalue weighted by Crippen LogP contribution is 2.28. The van der Waals surface area contributed by atoms with Crippen LogP contribution in [0.5, 0.6) is 0 Å². The summed E-state index contributed by atoms with van der Waals surface area (Å²) in [6, 6.07) is 4.63. The van der Waals surface area contributed by atoms with Gasteiger partial charge in [-0.1, -0.05) is 19.1 Å². The number of rotatable bonds is 6. The van der Waals surface area contributed by atoms with Crippen molar-refractivity contribution in [1.29, 1.82) is 0 Å². The molecule has 1 aromatic carbocycles. The minimum atomic E-state index is -1.32. The molecular weight excluding hydrogens is 351 g/mol. The van der Waals surface area contributed by atoms with Crippen molar-refractivity contribution in [2.45, 2.75) is 19.4 Å². The Morgan fingerprint density at radius 3 is 2.52 bits per heavy atom. The summed E-state index contributed by atoms with van der Waals surface area (Å²) in [7, 11) is 0. The van der Waals surface area contributed by atoms with Crippen molar-refractivity contribution in [3.05, 3.63) is 35.6 Å². The molecule has 2 unspecified atom stereocenters. The van der Waals surface area contributed by atoms with E-state index in [0.717, 1.165) is 4.90 Å². The second-order valence-corrected chi connectivity index (χ2v) is 6.10. The molecule has 0 spiro atoms. The second kappa shape index (κ2) is 8.26. The highest BCUT2D eigenvalue weighted by Gasteiger charge is 2.49. The molecule has 1 saturated heterocycles. The summed E-state index contributed by atoms with van der Waals surface area (Å²) in [6.45, 7) is 3.81. The summed E-state index contributed by atoms with van der Waals surface area (Å²) in [4.78, 5) is 37.5. The first-order chi connectivity index (χ1) is 11.3. The van der Waals surface area contributed by atoms with E-state index in [1.807, 2.05) is 6.92 Å². The monoisotopic (exact) mass is 372 g/mol. The van der Waals surface area contributed by atoms with Gasteiger partial charge in [-0.15, -0.1) is 12.4 Å². The normalized spacial score (nSPS) is 20.7. The van der Waals surface area contributed by atoms with Crippen LogP contribution >= 0.6 is 12.4 Å². The topological polar surface area (TPSA) is 105 Å². The van der Waals surface area contributed by atoms with Crippen molar-refractivity contribution < 1.29 is 18.8 Å². The van der Waals surface area contributed by atoms with Crippen molar-refractivity contribution >= 4 is 30.3 Å². The highest BCUT2D eigenvalue weighted by molar-refractivity contribution is 6.09. The van der Waals surface area contributed by atoms with Gasteiger partial charge in [-0.05, 0) is 37.1 Å². The first kappa shape index (κ1) is 20.9. The number of nitrogens with zero attached hydrogens (tertiary/aromatic N) is 1. The van der Waals surface area contributed by atoms with Gasteiger partial charge in [-0.2, -0.15) is 0 Å². The van der Waals surface area contributed by atoms with Crippen molar-refractivity contribution in [3.8, 4) is 0 Å². The van der Waals surface area contributed by atoms with Crippen LogP contribution in [0.4, 0.5) is 9.18 Å². The van der Waals surface area contributed by atoms with E-state index in [1.54, 1.807) is 0 Å². The highest BCUT2D eigenvalue weighted by atomic mass is 35.5. The zero-order valence-electron chi connectivity index (χ0n) is 14.0. The fourth-order valence-corrected chi connectivity index (χ4v) is 2.39. The van der Waals surface area contributed by atoms with Crippen LogP contribution in [0.2, 0.25) is 0 Å². The molecule has 1 aliphatic rings. The van der Waals surface area contributed by atoms with E-state index >= 15 is 0 Å². The van der Waals surface area contributed by atoms with E-state index in [0.29, 0.717) is 18.7 Å². The van der Waals surface area contributed by atoms with Gasteiger partial charge in [-0.25, -0.2) is 9.18 Å². The maximum atomic E-state index is 13.1. The minimum Gasteiger partial charge on any atom is -0.354 e. The zero-order valence-corrected chi connectivity index (χ0v) is 14.9. The molecule has 0 bridgehead atoms. The molecule has 4 N–H and O–H groups in total. The SMILES string of the molecule is CC(CN)CNC(=O)CN1C(=O)NC(C)(c2ccc(F)cc2)C1=O.Cl. The van der Waals surface area contributed by atoms with Gasteiger partial charge in [0.25, 0.3) is 5.91 Å². The third kappa shape index (κ3) is 4.46. The van der Waals surface area contributed by atoms with E-state index in [-0.39, 0.29) is 24.9 Å². The van der Waals surface area contributed by atoms with E-state index in [1.165, 1.54) is 31.2 Å². The first-order valence-corrected chi connectivity index (χ1v) is 7.65. The number of benzene rings is 1. The summed E-state index contributed by atoms with van der Waals surface area (Å²) < 4.78 is 13.1. The van der Waals surface area contributed by atoms with Crippen LogP contribution in [-0.2, 0) is 15.1 Å². The van der Waals surface area contributed by atoms with Crippen LogP contribution in [0.3, 0.4) is 0 Å². The van der Waals surface area contributed by atoms with Gasteiger partial charge in [0, 0.05) is 6.54 Å². The van der Waals surface area contributed by atoms with Crippen molar-refractivity contribution in [2.75, 3.05) is 19.6 Å². The number of carbonyl (C=O) groups excluding carboxylic acids is 3. The average molecular weight is 373 g/mol. The number of imide groups is 1. The summed E-state index contributed by atoms with van der Waals surface area (Å²) in [6.07, 6.45) is 0. The first-order valence-electron chi connectivity index (χ1n) is 7.65. The molecule has 0 aromatic heterocycles. The van der Waals surface area contributed by atoms with Gasteiger partial charge in [0.1, 0.15) is 17.9 Å².